The van der Waals surface area contributed by atoms with Gasteiger partial charge < -0.3 is 9.64 Å². The van der Waals surface area contributed by atoms with Crippen LogP contribution in [0.4, 0.5) is 24.5 Å². The maximum atomic E-state index is 12.8. The first kappa shape index (κ1) is 18.5. The van der Waals surface area contributed by atoms with Crippen molar-refractivity contribution >= 4 is 28.6 Å². The van der Waals surface area contributed by atoms with Gasteiger partial charge in [0, 0.05) is 18.4 Å². The van der Waals surface area contributed by atoms with Crippen molar-refractivity contribution < 1.29 is 17.9 Å². The summed E-state index contributed by atoms with van der Waals surface area (Å²) < 4.78 is 44.1. The van der Waals surface area contributed by atoms with Gasteiger partial charge in [-0.05, 0) is 59.7 Å². The van der Waals surface area contributed by atoms with Crippen LogP contribution in [0.5, 0.6) is 5.75 Å². The summed E-state index contributed by atoms with van der Waals surface area (Å²) in [6.45, 7) is 0. The van der Waals surface area contributed by atoms with Crippen LogP contribution < -0.4 is 9.64 Å². The Morgan fingerprint density at radius 3 is 1.86 bits per heavy atom. The zero-order valence-corrected chi connectivity index (χ0v) is 15.7. The number of thiocarbonyl (C=S) groups is 1. The predicted molar refractivity (Wildman–Crippen MR) is 107 cm³/mol. The van der Waals surface area contributed by atoms with Gasteiger partial charge in [-0.25, -0.2) is 0 Å². The molecule has 0 N–H and O–H groups in total. The highest BCUT2D eigenvalue weighted by atomic mass is 32.1. The fourth-order valence-corrected chi connectivity index (χ4v) is 3.86. The van der Waals surface area contributed by atoms with Crippen molar-refractivity contribution in [2.24, 2.45) is 0 Å². The van der Waals surface area contributed by atoms with Gasteiger partial charge in [0.1, 0.15) is 5.75 Å². The second kappa shape index (κ2) is 6.95. The number of rotatable bonds is 2. The number of fused-ring (bicyclic) bond motifs is 2. The largest absolute Gasteiger partial charge is 0.449 e. The van der Waals surface area contributed by atoms with Crippen LogP contribution in [-0.2, 0) is 6.18 Å². The fraction of sp³-hybridized carbons (Fsp3) is 0.136. The molecule has 142 valence electrons. The number of anilines is 2. The Morgan fingerprint density at radius 2 is 1.36 bits per heavy atom. The molecule has 3 aromatic rings. The number of nitrogens with zero attached hydrogens (tertiary/aromatic N) is 1. The van der Waals surface area contributed by atoms with Crippen LogP contribution in [0.1, 0.15) is 22.6 Å². The number of benzene rings is 3. The minimum Gasteiger partial charge on any atom is -0.449 e. The molecule has 0 saturated heterocycles. The molecular weight excluding hydrogens is 383 g/mol. The second-order valence-corrected chi connectivity index (χ2v) is 6.96. The van der Waals surface area contributed by atoms with Crippen molar-refractivity contribution in [1.29, 1.82) is 0 Å². The standard InChI is InChI=1S/C22H16F3NOS/c1-26-18-8-4-2-6-16(18)20(17-7-3-5-9-19(17)26)21(28)27-15-12-10-14(11-13-15)22(23,24)25/h2-13,20H,1H3. The summed E-state index contributed by atoms with van der Waals surface area (Å²) in [4.78, 5) is 2.10. The molecule has 0 aromatic heterocycles. The van der Waals surface area contributed by atoms with E-state index >= 15 is 0 Å². The minimum absolute atomic E-state index is 0.284. The smallest absolute Gasteiger partial charge is 0.416 e. The van der Waals surface area contributed by atoms with Crippen molar-refractivity contribution in [2.45, 2.75) is 12.1 Å². The molecule has 6 heteroatoms. The first-order valence-electron chi connectivity index (χ1n) is 8.67. The van der Waals surface area contributed by atoms with E-state index in [9.17, 15) is 13.2 Å². The molecular formula is C22H16F3NOS. The van der Waals surface area contributed by atoms with Gasteiger partial charge >= 0.3 is 6.18 Å². The first-order chi connectivity index (χ1) is 13.4. The number of para-hydroxylation sites is 2. The Bertz CT molecular complexity index is 983. The van der Waals surface area contributed by atoms with E-state index in [1.165, 1.54) is 12.1 Å². The normalized spacial score (nSPS) is 13.6. The highest BCUT2D eigenvalue weighted by molar-refractivity contribution is 7.80. The monoisotopic (exact) mass is 399 g/mol. The minimum atomic E-state index is -4.38. The number of alkyl halides is 3. The summed E-state index contributed by atoms with van der Waals surface area (Å²) in [6.07, 6.45) is -4.38. The van der Waals surface area contributed by atoms with Crippen LogP contribution >= 0.6 is 12.2 Å². The second-order valence-electron chi connectivity index (χ2n) is 6.55. The van der Waals surface area contributed by atoms with Crippen molar-refractivity contribution in [3.63, 3.8) is 0 Å². The molecule has 1 heterocycles. The van der Waals surface area contributed by atoms with Crippen molar-refractivity contribution in [3.05, 3.63) is 89.5 Å². The van der Waals surface area contributed by atoms with Crippen molar-refractivity contribution in [3.8, 4) is 5.75 Å². The molecule has 4 rings (SSSR count). The lowest BCUT2D eigenvalue weighted by Crippen LogP contribution is -2.27. The van der Waals surface area contributed by atoms with Crippen molar-refractivity contribution in [2.75, 3.05) is 11.9 Å². The number of hydrogen-bond acceptors (Lipinski definition) is 3. The van der Waals surface area contributed by atoms with E-state index < -0.39 is 11.7 Å². The fourth-order valence-electron chi connectivity index (χ4n) is 3.51. The average molecular weight is 399 g/mol. The van der Waals surface area contributed by atoms with Crippen molar-refractivity contribution in [1.82, 2.24) is 0 Å². The Morgan fingerprint density at radius 1 is 0.857 bits per heavy atom. The van der Waals surface area contributed by atoms with Gasteiger partial charge in [-0.1, -0.05) is 36.4 Å². The molecule has 0 aliphatic carbocycles. The van der Waals surface area contributed by atoms with Crippen LogP contribution in [0.15, 0.2) is 72.8 Å². The van der Waals surface area contributed by atoms with E-state index in [0.717, 1.165) is 34.6 Å². The molecule has 0 saturated carbocycles. The predicted octanol–water partition coefficient (Wildman–Crippen LogP) is 6.33. The molecule has 0 spiro atoms. The van der Waals surface area contributed by atoms with Gasteiger partial charge in [0.05, 0.1) is 11.5 Å². The van der Waals surface area contributed by atoms with Crippen LogP contribution in [0, 0.1) is 0 Å². The van der Waals surface area contributed by atoms with E-state index in [0.29, 0.717) is 5.05 Å². The number of hydrogen-bond donors (Lipinski definition) is 0. The number of ether oxygens (including phenoxy) is 1. The summed E-state index contributed by atoms with van der Waals surface area (Å²) >= 11 is 5.59. The molecule has 0 atom stereocenters. The highest BCUT2D eigenvalue weighted by Crippen LogP contribution is 2.45. The summed E-state index contributed by atoms with van der Waals surface area (Å²) in [5.74, 6) is -0.00668. The van der Waals surface area contributed by atoms with E-state index in [1.807, 2.05) is 55.6 Å². The topological polar surface area (TPSA) is 12.5 Å². The summed E-state index contributed by atoms with van der Waals surface area (Å²) in [6, 6.07) is 20.4. The van der Waals surface area contributed by atoms with Crippen LogP contribution in [0.2, 0.25) is 0 Å². The third-order valence-electron chi connectivity index (χ3n) is 4.85. The Kier molecular flexibility index (Phi) is 4.59. The highest BCUT2D eigenvalue weighted by Gasteiger charge is 2.33. The molecule has 0 amide bonds. The Hall–Kier alpha value is -2.86. The van der Waals surface area contributed by atoms with Crippen LogP contribution in [0.3, 0.4) is 0 Å². The lowest BCUT2D eigenvalue weighted by atomic mass is 9.85. The zero-order valence-electron chi connectivity index (χ0n) is 14.9. The summed E-state index contributed by atoms with van der Waals surface area (Å²) in [5.41, 5.74) is 3.32. The van der Waals surface area contributed by atoms with Crippen LogP contribution in [0.25, 0.3) is 0 Å². The van der Waals surface area contributed by atoms with Gasteiger partial charge in [-0.3, -0.25) is 0 Å². The molecule has 1 aliphatic rings. The molecule has 2 nitrogen and oxygen atoms in total. The SMILES string of the molecule is CN1c2ccccc2C(C(=S)Oc2ccc(C(F)(F)F)cc2)c2ccccc21. The quantitative estimate of drug-likeness (QED) is 0.468. The molecule has 1 aliphatic heterocycles. The van der Waals surface area contributed by atoms with Gasteiger partial charge in [0.2, 0.25) is 0 Å². The maximum absolute atomic E-state index is 12.8. The van der Waals surface area contributed by atoms with E-state index in [4.69, 9.17) is 17.0 Å². The van der Waals surface area contributed by atoms with Gasteiger partial charge in [-0.2, -0.15) is 13.2 Å². The number of halogens is 3. The third kappa shape index (κ3) is 3.24. The van der Waals surface area contributed by atoms with E-state index in [-0.39, 0.29) is 11.7 Å². The molecule has 0 radical (unpaired) electrons. The zero-order chi connectivity index (χ0) is 19.9. The first-order valence-corrected chi connectivity index (χ1v) is 9.07. The molecule has 0 bridgehead atoms. The van der Waals surface area contributed by atoms with E-state index in [2.05, 4.69) is 4.90 Å². The Balaban J connectivity index is 1.69. The third-order valence-corrected chi connectivity index (χ3v) is 5.17. The lowest BCUT2D eigenvalue weighted by molar-refractivity contribution is -0.137. The van der Waals surface area contributed by atoms with E-state index in [1.54, 1.807) is 0 Å². The Labute approximate surface area is 166 Å². The summed E-state index contributed by atoms with van der Waals surface area (Å²) in [7, 11) is 1.99. The van der Waals surface area contributed by atoms with Gasteiger partial charge in [0.15, 0.2) is 5.05 Å². The molecule has 0 fully saturated rings. The maximum Gasteiger partial charge on any atom is 0.416 e. The lowest BCUT2D eigenvalue weighted by Gasteiger charge is -2.35. The van der Waals surface area contributed by atoms with Crippen LogP contribution in [-0.4, -0.2) is 12.1 Å². The molecule has 3 aromatic carbocycles. The molecule has 28 heavy (non-hydrogen) atoms. The van der Waals surface area contributed by atoms with Gasteiger partial charge in [-0.15, -0.1) is 0 Å². The average Bonchev–Trinajstić information content (AvgIpc) is 2.68. The molecule has 0 unspecified atom stereocenters. The summed E-state index contributed by atoms with van der Waals surface area (Å²) in [5, 5.41) is 0.299. The van der Waals surface area contributed by atoms with Gasteiger partial charge in [0.25, 0.3) is 0 Å².